The number of amides is 1. The van der Waals surface area contributed by atoms with Crippen molar-refractivity contribution >= 4 is 11.6 Å². The van der Waals surface area contributed by atoms with E-state index in [9.17, 15) is 18.0 Å². The van der Waals surface area contributed by atoms with Crippen LogP contribution >= 0.6 is 0 Å². The maximum Gasteiger partial charge on any atom is 0.416 e. The molecule has 5 rings (SSSR count). The molecule has 6 nitrogen and oxygen atoms in total. The minimum absolute atomic E-state index is 0.0672. The second-order valence-corrected chi connectivity index (χ2v) is 10.6. The Bertz CT molecular complexity index is 1080. The number of anilines is 1. The third kappa shape index (κ3) is 6.43. The molecule has 0 saturated carbocycles. The number of halogens is 3. The van der Waals surface area contributed by atoms with Crippen LogP contribution in [0.3, 0.4) is 0 Å². The summed E-state index contributed by atoms with van der Waals surface area (Å²) in [5, 5.41) is 3.12. The van der Waals surface area contributed by atoms with E-state index in [1.807, 2.05) is 30.3 Å². The zero-order chi connectivity index (χ0) is 26.5. The van der Waals surface area contributed by atoms with Crippen LogP contribution in [0.2, 0.25) is 0 Å². The fourth-order valence-corrected chi connectivity index (χ4v) is 6.02. The molecule has 1 amide bonds. The van der Waals surface area contributed by atoms with E-state index in [4.69, 9.17) is 4.74 Å². The van der Waals surface area contributed by atoms with Gasteiger partial charge >= 0.3 is 6.18 Å². The molecule has 2 atom stereocenters. The number of piperidine rings is 1. The average Bonchev–Trinajstić information content (AvgIpc) is 2.93. The first-order valence-corrected chi connectivity index (χ1v) is 13.8. The van der Waals surface area contributed by atoms with Crippen LogP contribution < -0.4 is 15.0 Å². The molecule has 0 radical (unpaired) electrons. The smallest absolute Gasteiger partial charge is 0.416 e. The van der Waals surface area contributed by atoms with Crippen molar-refractivity contribution in [2.24, 2.45) is 5.92 Å². The van der Waals surface area contributed by atoms with Crippen LogP contribution in [-0.4, -0.2) is 80.7 Å². The van der Waals surface area contributed by atoms with Crippen molar-refractivity contribution in [1.29, 1.82) is 0 Å². The van der Waals surface area contributed by atoms with Gasteiger partial charge in [0, 0.05) is 45.0 Å². The third-order valence-corrected chi connectivity index (χ3v) is 8.06. The molecule has 3 aliphatic heterocycles. The molecular weight excluding hydrogens is 493 g/mol. The maximum absolute atomic E-state index is 13.5. The number of carbonyl (C=O) groups excluding carboxylic acids is 1. The van der Waals surface area contributed by atoms with Crippen LogP contribution in [0.4, 0.5) is 18.9 Å². The Hall–Kier alpha value is -2.78. The number of para-hydroxylation sites is 1. The number of nitrogens with zero attached hydrogens (tertiary/aromatic N) is 3. The zero-order valence-electron chi connectivity index (χ0n) is 21.8. The summed E-state index contributed by atoms with van der Waals surface area (Å²) >= 11 is 0. The number of carbonyl (C=O) groups is 1. The number of fused-ring (bicyclic) bond motifs is 3. The van der Waals surface area contributed by atoms with Crippen LogP contribution in [-0.2, 0) is 17.4 Å². The Morgan fingerprint density at radius 1 is 0.947 bits per heavy atom. The summed E-state index contributed by atoms with van der Waals surface area (Å²) < 4.78 is 46.3. The highest BCUT2D eigenvalue weighted by Gasteiger charge is 2.42. The number of rotatable bonds is 8. The number of hydrogen-bond donors (Lipinski definition) is 1. The molecule has 0 aliphatic carbocycles. The highest BCUT2D eigenvalue weighted by atomic mass is 19.4. The van der Waals surface area contributed by atoms with E-state index in [1.165, 1.54) is 25.3 Å². The number of hydrogen-bond acceptors (Lipinski definition) is 5. The topological polar surface area (TPSA) is 48.1 Å². The van der Waals surface area contributed by atoms with Gasteiger partial charge in [-0.2, -0.15) is 13.2 Å². The molecule has 1 N–H and O–H groups in total. The standard InChI is InChI=1S/C29H37F3N4O2/c30-29(31,32)23-9-10-26-22(19-23)20-25(28(37)33-11-14-34-12-5-2-6-13-34)27-21-35(15-16-36(26)27)17-18-38-24-7-3-1-4-8-24/h1,3-4,7-10,19,25,27H,2,5-6,11-18,20-21H2,(H,33,37). The van der Waals surface area contributed by atoms with Gasteiger partial charge in [-0.05, 0) is 68.2 Å². The highest BCUT2D eigenvalue weighted by molar-refractivity contribution is 5.82. The fraction of sp³-hybridized carbons (Fsp3) is 0.552. The Morgan fingerprint density at radius 2 is 1.74 bits per heavy atom. The van der Waals surface area contributed by atoms with E-state index >= 15 is 0 Å². The van der Waals surface area contributed by atoms with Gasteiger partial charge < -0.3 is 19.9 Å². The number of nitrogens with one attached hydrogen (secondary N) is 1. The lowest BCUT2D eigenvalue weighted by atomic mass is 9.82. The Kier molecular flexibility index (Phi) is 8.43. The molecule has 3 heterocycles. The molecule has 2 aromatic rings. The minimum atomic E-state index is -4.41. The lowest BCUT2D eigenvalue weighted by Gasteiger charge is -2.49. The maximum atomic E-state index is 13.5. The molecule has 2 aromatic carbocycles. The van der Waals surface area contributed by atoms with Crippen molar-refractivity contribution in [3.05, 3.63) is 59.7 Å². The van der Waals surface area contributed by atoms with Gasteiger partial charge in [0.15, 0.2) is 0 Å². The summed E-state index contributed by atoms with van der Waals surface area (Å²) in [7, 11) is 0. The molecule has 38 heavy (non-hydrogen) atoms. The molecule has 2 unspecified atom stereocenters. The van der Waals surface area contributed by atoms with E-state index in [-0.39, 0.29) is 11.9 Å². The van der Waals surface area contributed by atoms with Crippen molar-refractivity contribution < 1.29 is 22.7 Å². The van der Waals surface area contributed by atoms with Gasteiger partial charge in [-0.3, -0.25) is 9.69 Å². The fourth-order valence-electron chi connectivity index (χ4n) is 6.02. The van der Waals surface area contributed by atoms with Gasteiger partial charge in [0.2, 0.25) is 5.91 Å². The largest absolute Gasteiger partial charge is 0.492 e. The van der Waals surface area contributed by atoms with Crippen LogP contribution in [0.15, 0.2) is 48.5 Å². The first-order chi connectivity index (χ1) is 18.4. The van der Waals surface area contributed by atoms with Gasteiger partial charge in [-0.1, -0.05) is 24.6 Å². The molecule has 0 spiro atoms. The van der Waals surface area contributed by atoms with E-state index < -0.39 is 17.7 Å². The number of ether oxygens (including phenoxy) is 1. The Balaban J connectivity index is 1.27. The lowest BCUT2D eigenvalue weighted by Crippen LogP contribution is -2.61. The molecule has 9 heteroatoms. The normalized spacial score (nSPS) is 22.4. The van der Waals surface area contributed by atoms with E-state index in [0.717, 1.165) is 50.2 Å². The van der Waals surface area contributed by atoms with Crippen LogP contribution in [0.25, 0.3) is 0 Å². The second kappa shape index (κ2) is 11.9. The van der Waals surface area contributed by atoms with Crippen molar-refractivity contribution in [3.63, 3.8) is 0 Å². The van der Waals surface area contributed by atoms with Crippen molar-refractivity contribution in [2.45, 2.75) is 37.9 Å². The van der Waals surface area contributed by atoms with Crippen LogP contribution in [0, 0.1) is 5.92 Å². The molecule has 0 bridgehead atoms. The molecular formula is C29H37F3N4O2. The van der Waals surface area contributed by atoms with Gasteiger partial charge in [-0.15, -0.1) is 0 Å². The number of likely N-dealkylation sites (tertiary alicyclic amines) is 1. The summed E-state index contributed by atoms with van der Waals surface area (Å²) in [4.78, 5) is 20.3. The van der Waals surface area contributed by atoms with Crippen LogP contribution in [0.1, 0.15) is 30.4 Å². The summed E-state index contributed by atoms with van der Waals surface area (Å²) in [6, 6.07) is 13.6. The van der Waals surface area contributed by atoms with E-state index in [2.05, 4.69) is 20.0 Å². The Labute approximate surface area is 222 Å². The minimum Gasteiger partial charge on any atom is -0.492 e. The van der Waals surface area contributed by atoms with Crippen LogP contribution in [0.5, 0.6) is 5.75 Å². The molecule has 3 aliphatic rings. The predicted molar refractivity (Wildman–Crippen MR) is 141 cm³/mol. The first kappa shape index (κ1) is 26.8. The van der Waals surface area contributed by atoms with Gasteiger partial charge in [-0.25, -0.2) is 0 Å². The molecule has 206 valence electrons. The number of piperazine rings is 1. The first-order valence-electron chi connectivity index (χ1n) is 13.8. The number of alkyl halides is 3. The van der Waals surface area contributed by atoms with E-state index in [1.54, 1.807) is 6.07 Å². The predicted octanol–water partition coefficient (Wildman–Crippen LogP) is 4.05. The van der Waals surface area contributed by atoms with E-state index in [0.29, 0.717) is 38.2 Å². The zero-order valence-corrected chi connectivity index (χ0v) is 21.8. The molecule has 0 aromatic heterocycles. The monoisotopic (exact) mass is 530 g/mol. The molecule has 2 saturated heterocycles. The second-order valence-electron chi connectivity index (χ2n) is 10.6. The van der Waals surface area contributed by atoms with Gasteiger partial charge in [0.25, 0.3) is 0 Å². The summed E-state index contributed by atoms with van der Waals surface area (Å²) in [6.07, 6.45) is -0.458. The quantitative estimate of drug-likeness (QED) is 0.558. The third-order valence-electron chi connectivity index (χ3n) is 8.06. The van der Waals surface area contributed by atoms with Crippen molar-refractivity contribution in [1.82, 2.24) is 15.1 Å². The Morgan fingerprint density at radius 3 is 2.50 bits per heavy atom. The lowest BCUT2D eigenvalue weighted by molar-refractivity contribution is -0.137. The van der Waals surface area contributed by atoms with Crippen molar-refractivity contribution in [2.75, 3.05) is 63.9 Å². The SMILES string of the molecule is O=C(NCCN1CCCCC1)C1Cc2cc(C(F)(F)F)ccc2N2CCN(CCOc3ccccc3)CC12. The van der Waals surface area contributed by atoms with Gasteiger partial charge in [0.05, 0.1) is 17.5 Å². The number of benzene rings is 2. The average molecular weight is 531 g/mol. The molecule has 2 fully saturated rings. The van der Waals surface area contributed by atoms with Gasteiger partial charge in [0.1, 0.15) is 12.4 Å². The highest BCUT2D eigenvalue weighted by Crippen LogP contribution is 2.39. The van der Waals surface area contributed by atoms with Crippen molar-refractivity contribution in [3.8, 4) is 5.75 Å². The summed E-state index contributed by atoms with van der Waals surface area (Å²) in [6.45, 7) is 6.84. The summed E-state index contributed by atoms with van der Waals surface area (Å²) in [5.74, 6) is 0.344. The summed E-state index contributed by atoms with van der Waals surface area (Å²) in [5.41, 5.74) is 0.768.